The summed E-state index contributed by atoms with van der Waals surface area (Å²) in [6, 6.07) is 4.43. The fourth-order valence-corrected chi connectivity index (χ4v) is 2.44. The fraction of sp³-hybridized carbons (Fsp3) is 0.500. The molecule has 0 heterocycles. The van der Waals surface area contributed by atoms with Gasteiger partial charge in [0.15, 0.2) is 0 Å². The number of thioether (sulfide) groups is 1. The number of benzene rings is 1. The van der Waals surface area contributed by atoms with Gasteiger partial charge < -0.3 is 10.1 Å². The van der Waals surface area contributed by atoms with Crippen LogP contribution in [0.2, 0.25) is 0 Å². The second-order valence-electron chi connectivity index (χ2n) is 3.70. The van der Waals surface area contributed by atoms with Gasteiger partial charge in [-0.1, -0.05) is 6.07 Å². The van der Waals surface area contributed by atoms with Crippen molar-refractivity contribution in [2.45, 2.75) is 17.6 Å². The molecule has 0 radical (unpaired) electrons. The minimum atomic E-state index is -4.32. The second-order valence-corrected chi connectivity index (χ2v) is 4.84. The van der Waals surface area contributed by atoms with E-state index in [4.69, 9.17) is 4.74 Å². The summed E-state index contributed by atoms with van der Waals surface area (Å²) < 4.78 is 43.6. The molecule has 1 aromatic carbocycles. The third kappa shape index (κ3) is 4.51. The first-order valence-electron chi connectivity index (χ1n) is 5.45. The Morgan fingerprint density at radius 1 is 1.33 bits per heavy atom. The number of ether oxygens (including phenoxy) is 1. The Bertz CT molecular complexity index is 382. The smallest absolute Gasteiger partial charge is 0.384 e. The summed E-state index contributed by atoms with van der Waals surface area (Å²) in [5.41, 5.74) is 0.0530. The Hall–Kier alpha value is -0.720. The van der Waals surface area contributed by atoms with Crippen LogP contribution < -0.4 is 5.32 Å². The molecule has 0 saturated heterocycles. The molecular formula is C12H16F3NOS. The van der Waals surface area contributed by atoms with Gasteiger partial charge in [-0.25, -0.2) is 0 Å². The molecule has 18 heavy (non-hydrogen) atoms. The highest BCUT2D eigenvalue weighted by Gasteiger charge is 2.33. The Balaban J connectivity index is 2.94. The standard InChI is InChI=1S/C12H16F3NOS/c1-16-8-9-3-4-11(18-6-5-17-2)10(7-9)12(13,14)15/h3-4,7,16H,5-6,8H2,1-2H3. The lowest BCUT2D eigenvalue weighted by molar-refractivity contribution is -0.139. The van der Waals surface area contributed by atoms with E-state index in [1.54, 1.807) is 13.1 Å². The topological polar surface area (TPSA) is 21.3 Å². The van der Waals surface area contributed by atoms with Gasteiger partial charge >= 0.3 is 6.18 Å². The van der Waals surface area contributed by atoms with Crippen LogP contribution in [0.5, 0.6) is 0 Å². The number of alkyl halides is 3. The van der Waals surface area contributed by atoms with Crippen LogP contribution in [0.3, 0.4) is 0 Å². The normalized spacial score (nSPS) is 11.8. The van der Waals surface area contributed by atoms with Crippen LogP contribution in [-0.2, 0) is 17.5 Å². The van der Waals surface area contributed by atoms with E-state index in [1.807, 2.05) is 0 Å². The number of nitrogens with one attached hydrogen (secondary N) is 1. The molecular weight excluding hydrogens is 263 g/mol. The molecule has 1 N–H and O–H groups in total. The molecule has 0 fully saturated rings. The zero-order valence-corrected chi connectivity index (χ0v) is 11.1. The van der Waals surface area contributed by atoms with Crippen LogP contribution in [0.15, 0.2) is 23.1 Å². The van der Waals surface area contributed by atoms with Gasteiger partial charge in [0.05, 0.1) is 12.2 Å². The molecule has 6 heteroatoms. The third-order valence-electron chi connectivity index (χ3n) is 2.28. The van der Waals surface area contributed by atoms with Crippen molar-refractivity contribution in [1.29, 1.82) is 0 Å². The average molecular weight is 279 g/mol. The van der Waals surface area contributed by atoms with Crippen molar-refractivity contribution in [3.63, 3.8) is 0 Å². The Kier molecular flexibility index (Phi) is 5.98. The van der Waals surface area contributed by atoms with Gasteiger partial charge in [0.1, 0.15) is 0 Å². The van der Waals surface area contributed by atoms with Crippen molar-refractivity contribution in [3.05, 3.63) is 29.3 Å². The molecule has 0 spiro atoms. The van der Waals surface area contributed by atoms with Crippen molar-refractivity contribution in [1.82, 2.24) is 5.32 Å². The molecule has 0 aliphatic carbocycles. The number of halogens is 3. The molecule has 0 aliphatic rings. The third-order valence-corrected chi connectivity index (χ3v) is 3.31. The van der Waals surface area contributed by atoms with Crippen LogP contribution in [0.1, 0.15) is 11.1 Å². The van der Waals surface area contributed by atoms with Crippen LogP contribution in [0.4, 0.5) is 13.2 Å². The van der Waals surface area contributed by atoms with E-state index < -0.39 is 11.7 Å². The summed E-state index contributed by atoms with van der Waals surface area (Å²) in [5, 5.41) is 2.84. The van der Waals surface area contributed by atoms with Crippen molar-refractivity contribution >= 4 is 11.8 Å². The predicted octanol–water partition coefficient (Wildman–Crippen LogP) is 3.16. The maximum atomic E-state index is 12.9. The van der Waals surface area contributed by atoms with Crippen LogP contribution >= 0.6 is 11.8 Å². The molecule has 0 saturated carbocycles. The van der Waals surface area contributed by atoms with E-state index in [1.165, 1.54) is 19.2 Å². The summed E-state index contributed by atoms with van der Waals surface area (Å²) >= 11 is 1.16. The zero-order valence-electron chi connectivity index (χ0n) is 10.3. The summed E-state index contributed by atoms with van der Waals surface area (Å²) in [6.07, 6.45) is -4.32. The first-order valence-corrected chi connectivity index (χ1v) is 6.44. The minimum Gasteiger partial charge on any atom is -0.384 e. The Labute approximate surface area is 109 Å². The largest absolute Gasteiger partial charge is 0.417 e. The highest BCUT2D eigenvalue weighted by atomic mass is 32.2. The molecule has 0 aliphatic heterocycles. The number of hydrogen-bond donors (Lipinski definition) is 1. The molecule has 0 aromatic heterocycles. The lowest BCUT2D eigenvalue weighted by Crippen LogP contribution is -2.11. The number of methoxy groups -OCH3 is 1. The maximum Gasteiger partial charge on any atom is 0.417 e. The summed E-state index contributed by atoms with van der Waals surface area (Å²) in [7, 11) is 3.23. The van der Waals surface area contributed by atoms with E-state index in [-0.39, 0.29) is 4.90 Å². The highest BCUT2D eigenvalue weighted by molar-refractivity contribution is 7.99. The predicted molar refractivity (Wildman–Crippen MR) is 66.8 cm³/mol. The van der Waals surface area contributed by atoms with Gasteiger partial charge in [0.2, 0.25) is 0 Å². The van der Waals surface area contributed by atoms with E-state index in [9.17, 15) is 13.2 Å². The molecule has 0 amide bonds. The van der Waals surface area contributed by atoms with Crippen LogP contribution in [-0.4, -0.2) is 26.5 Å². The lowest BCUT2D eigenvalue weighted by atomic mass is 10.1. The fourth-order valence-electron chi connectivity index (χ4n) is 1.47. The zero-order chi connectivity index (χ0) is 13.6. The quantitative estimate of drug-likeness (QED) is 0.638. The number of rotatable bonds is 6. The second kappa shape index (κ2) is 7.01. The summed E-state index contributed by atoms with van der Waals surface area (Å²) in [4.78, 5) is 0.249. The van der Waals surface area contributed by atoms with E-state index in [0.717, 1.165) is 11.8 Å². The lowest BCUT2D eigenvalue weighted by Gasteiger charge is -2.14. The van der Waals surface area contributed by atoms with Gasteiger partial charge in [0, 0.05) is 24.3 Å². The molecule has 1 aromatic rings. The molecule has 0 unspecified atom stereocenters. The minimum absolute atomic E-state index is 0.249. The van der Waals surface area contributed by atoms with Crippen molar-refractivity contribution in [3.8, 4) is 0 Å². The Morgan fingerprint density at radius 2 is 2.06 bits per heavy atom. The summed E-state index contributed by atoms with van der Waals surface area (Å²) in [5.74, 6) is 0.505. The maximum absolute atomic E-state index is 12.9. The first-order chi connectivity index (χ1) is 8.49. The van der Waals surface area contributed by atoms with Gasteiger partial charge in [-0.05, 0) is 24.7 Å². The van der Waals surface area contributed by atoms with E-state index in [0.29, 0.717) is 24.5 Å². The molecule has 102 valence electrons. The van der Waals surface area contributed by atoms with E-state index in [2.05, 4.69) is 5.32 Å². The number of hydrogen-bond acceptors (Lipinski definition) is 3. The SMILES string of the molecule is CNCc1ccc(SCCOC)c(C(F)(F)F)c1. The van der Waals surface area contributed by atoms with Crippen LogP contribution in [0, 0.1) is 0 Å². The van der Waals surface area contributed by atoms with E-state index >= 15 is 0 Å². The summed E-state index contributed by atoms with van der Waals surface area (Å²) in [6.45, 7) is 0.854. The van der Waals surface area contributed by atoms with Crippen molar-refractivity contribution in [2.24, 2.45) is 0 Å². The van der Waals surface area contributed by atoms with Crippen molar-refractivity contribution in [2.75, 3.05) is 26.5 Å². The van der Waals surface area contributed by atoms with Crippen LogP contribution in [0.25, 0.3) is 0 Å². The van der Waals surface area contributed by atoms with Gasteiger partial charge in [0.25, 0.3) is 0 Å². The molecule has 0 bridgehead atoms. The monoisotopic (exact) mass is 279 g/mol. The average Bonchev–Trinajstić information content (AvgIpc) is 2.30. The van der Waals surface area contributed by atoms with Crippen molar-refractivity contribution < 1.29 is 17.9 Å². The highest BCUT2D eigenvalue weighted by Crippen LogP contribution is 2.37. The first kappa shape index (κ1) is 15.3. The van der Waals surface area contributed by atoms with Gasteiger partial charge in [-0.15, -0.1) is 11.8 Å². The van der Waals surface area contributed by atoms with Gasteiger partial charge in [-0.2, -0.15) is 13.2 Å². The molecule has 0 atom stereocenters. The Morgan fingerprint density at radius 3 is 2.61 bits per heavy atom. The van der Waals surface area contributed by atoms with Gasteiger partial charge in [-0.3, -0.25) is 0 Å². The molecule has 1 rings (SSSR count). The molecule has 2 nitrogen and oxygen atoms in total.